The first-order valence-corrected chi connectivity index (χ1v) is 7.40. The molecule has 0 fully saturated rings. The van der Waals surface area contributed by atoms with Crippen LogP contribution in [-0.2, 0) is 4.79 Å². The van der Waals surface area contributed by atoms with Crippen LogP contribution in [0.4, 0.5) is 4.39 Å². The second-order valence-electron chi connectivity index (χ2n) is 5.21. The lowest BCUT2D eigenvalue weighted by molar-refractivity contribution is -0.123. The molecule has 2 aromatic rings. The Bertz CT molecular complexity index is 656. The lowest BCUT2D eigenvalue weighted by Gasteiger charge is -2.11. The Balaban J connectivity index is 1.65. The maximum Gasteiger partial charge on any atom is 0.258 e. The quantitative estimate of drug-likeness (QED) is 0.799. The van der Waals surface area contributed by atoms with E-state index in [1.54, 1.807) is 0 Å². The Kier molecular flexibility index (Phi) is 5.97. The molecule has 0 aliphatic heterocycles. The number of carbonyl (C=O) groups excluding carboxylic acids is 1. The molecule has 0 aliphatic carbocycles. The molecule has 0 spiro atoms. The van der Waals surface area contributed by atoms with Crippen LogP contribution >= 0.6 is 0 Å². The normalized spacial score (nSPS) is 10.2. The molecule has 0 aromatic heterocycles. The van der Waals surface area contributed by atoms with Crippen LogP contribution in [0.1, 0.15) is 11.1 Å². The number of aryl methyl sites for hydroxylation is 2. The maximum absolute atomic E-state index is 12.7. The summed E-state index contributed by atoms with van der Waals surface area (Å²) >= 11 is 0. The molecule has 23 heavy (non-hydrogen) atoms. The number of carbonyl (C=O) groups is 1. The molecule has 2 aromatic carbocycles. The molecule has 0 heterocycles. The van der Waals surface area contributed by atoms with Gasteiger partial charge in [0.05, 0.1) is 6.54 Å². The van der Waals surface area contributed by atoms with E-state index in [1.165, 1.54) is 29.8 Å². The summed E-state index contributed by atoms with van der Waals surface area (Å²) in [5.74, 6) is 0.671. The second kappa shape index (κ2) is 8.17. The van der Waals surface area contributed by atoms with Crippen molar-refractivity contribution in [1.82, 2.24) is 5.32 Å². The fraction of sp³-hybridized carbons (Fsp3) is 0.278. The largest absolute Gasteiger partial charge is 0.491 e. The average molecular weight is 317 g/mol. The Morgan fingerprint density at radius 1 is 1.09 bits per heavy atom. The Labute approximate surface area is 135 Å². The SMILES string of the molecule is Cc1ccc(OCCNC(=O)COc2ccc(F)cc2)c(C)c1. The van der Waals surface area contributed by atoms with Gasteiger partial charge >= 0.3 is 0 Å². The first-order valence-electron chi connectivity index (χ1n) is 7.40. The molecular formula is C18H20FNO3. The summed E-state index contributed by atoms with van der Waals surface area (Å²) in [7, 11) is 0. The fourth-order valence-corrected chi connectivity index (χ4v) is 2.04. The van der Waals surface area contributed by atoms with Gasteiger partial charge in [0.15, 0.2) is 6.61 Å². The van der Waals surface area contributed by atoms with E-state index < -0.39 is 0 Å². The third kappa shape index (κ3) is 5.62. The number of halogens is 1. The van der Waals surface area contributed by atoms with Crippen LogP contribution in [0.15, 0.2) is 42.5 Å². The molecule has 1 amide bonds. The van der Waals surface area contributed by atoms with Crippen LogP contribution in [0.3, 0.4) is 0 Å². The van der Waals surface area contributed by atoms with Gasteiger partial charge in [-0.2, -0.15) is 0 Å². The van der Waals surface area contributed by atoms with Crippen molar-refractivity contribution in [3.05, 3.63) is 59.4 Å². The van der Waals surface area contributed by atoms with E-state index in [9.17, 15) is 9.18 Å². The van der Waals surface area contributed by atoms with E-state index in [0.29, 0.717) is 18.9 Å². The molecule has 2 rings (SSSR count). The monoisotopic (exact) mass is 317 g/mol. The van der Waals surface area contributed by atoms with Crippen molar-refractivity contribution in [1.29, 1.82) is 0 Å². The van der Waals surface area contributed by atoms with Crippen LogP contribution in [0, 0.1) is 19.7 Å². The number of hydrogen-bond donors (Lipinski definition) is 1. The van der Waals surface area contributed by atoms with E-state index in [0.717, 1.165) is 11.3 Å². The molecule has 0 atom stereocenters. The zero-order chi connectivity index (χ0) is 16.7. The topological polar surface area (TPSA) is 47.6 Å². The van der Waals surface area contributed by atoms with Crippen LogP contribution in [0.2, 0.25) is 0 Å². The van der Waals surface area contributed by atoms with E-state index in [4.69, 9.17) is 9.47 Å². The molecule has 1 N–H and O–H groups in total. The van der Waals surface area contributed by atoms with Gasteiger partial charge in [0, 0.05) is 0 Å². The van der Waals surface area contributed by atoms with E-state index in [2.05, 4.69) is 5.32 Å². The Morgan fingerprint density at radius 3 is 2.52 bits per heavy atom. The van der Waals surface area contributed by atoms with Crippen molar-refractivity contribution in [3.63, 3.8) is 0 Å². The van der Waals surface area contributed by atoms with Crippen molar-refractivity contribution in [3.8, 4) is 11.5 Å². The van der Waals surface area contributed by atoms with Crippen LogP contribution < -0.4 is 14.8 Å². The predicted molar refractivity (Wildman–Crippen MR) is 86.3 cm³/mol. The minimum atomic E-state index is -0.342. The van der Waals surface area contributed by atoms with Crippen molar-refractivity contribution >= 4 is 5.91 Å². The van der Waals surface area contributed by atoms with Crippen molar-refractivity contribution in [2.75, 3.05) is 19.8 Å². The molecule has 0 bridgehead atoms. The van der Waals surface area contributed by atoms with Gasteiger partial charge in [-0.3, -0.25) is 4.79 Å². The summed E-state index contributed by atoms with van der Waals surface area (Å²) < 4.78 is 23.6. The first kappa shape index (κ1) is 16.8. The average Bonchev–Trinajstić information content (AvgIpc) is 2.52. The molecule has 0 aliphatic rings. The summed E-state index contributed by atoms with van der Waals surface area (Å²) in [4.78, 5) is 11.6. The smallest absolute Gasteiger partial charge is 0.258 e. The van der Waals surface area contributed by atoms with Gasteiger partial charge in [0.2, 0.25) is 0 Å². The van der Waals surface area contributed by atoms with Crippen LogP contribution in [0.25, 0.3) is 0 Å². The van der Waals surface area contributed by atoms with Crippen molar-refractivity contribution in [2.24, 2.45) is 0 Å². The zero-order valence-corrected chi connectivity index (χ0v) is 13.3. The molecule has 0 radical (unpaired) electrons. The first-order chi connectivity index (χ1) is 11.0. The standard InChI is InChI=1S/C18H20FNO3/c1-13-3-8-17(14(2)11-13)22-10-9-20-18(21)12-23-16-6-4-15(19)5-7-16/h3-8,11H,9-10,12H2,1-2H3,(H,20,21). The molecule has 0 unspecified atom stereocenters. The highest BCUT2D eigenvalue weighted by atomic mass is 19.1. The predicted octanol–water partition coefficient (Wildman–Crippen LogP) is 3.02. The summed E-state index contributed by atoms with van der Waals surface area (Å²) in [5.41, 5.74) is 2.25. The molecule has 122 valence electrons. The minimum absolute atomic E-state index is 0.116. The van der Waals surface area contributed by atoms with E-state index in [-0.39, 0.29) is 18.3 Å². The number of benzene rings is 2. The summed E-state index contributed by atoms with van der Waals surface area (Å²) in [5, 5.41) is 2.70. The highest BCUT2D eigenvalue weighted by Crippen LogP contribution is 2.18. The van der Waals surface area contributed by atoms with E-state index >= 15 is 0 Å². The van der Waals surface area contributed by atoms with Gasteiger partial charge in [-0.15, -0.1) is 0 Å². The summed E-state index contributed by atoms with van der Waals surface area (Å²) in [6.07, 6.45) is 0. The summed E-state index contributed by atoms with van der Waals surface area (Å²) in [6, 6.07) is 11.5. The number of amides is 1. The third-order valence-electron chi connectivity index (χ3n) is 3.20. The fourth-order valence-electron chi connectivity index (χ4n) is 2.04. The molecular weight excluding hydrogens is 297 g/mol. The number of ether oxygens (including phenoxy) is 2. The highest BCUT2D eigenvalue weighted by Gasteiger charge is 2.04. The molecule has 5 heteroatoms. The van der Waals surface area contributed by atoms with Gasteiger partial charge in [0.1, 0.15) is 23.9 Å². The Morgan fingerprint density at radius 2 is 1.83 bits per heavy atom. The Hall–Kier alpha value is -2.56. The van der Waals surface area contributed by atoms with Gasteiger partial charge in [-0.05, 0) is 49.7 Å². The van der Waals surface area contributed by atoms with Crippen molar-refractivity contribution < 1.29 is 18.7 Å². The van der Waals surface area contributed by atoms with Crippen LogP contribution in [0.5, 0.6) is 11.5 Å². The lowest BCUT2D eigenvalue weighted by Crippen LogP contribution is -2.32. The summed E-state index contributed by atoms with van der Waals surface area (Å²) in [6.45, 7) is 4.66. The van der Waals surface area contributed by atoms with Gasteiger partial charge in [-0.1, -0.05) is 17.7 Å². The minimum Gasteiger partial charge on any atom is -0.491 e. The molecule has 4 nitrogen and oxygen atoms in total. The highest BCUT2D eigenvalue weighted by molar-refractivity contribution is 5.77. The molecule has 0 saturated carbocycles. The van der Waals surface area contributed by atoms with Gasteiger partial charge < -0.3 is 14.8 Å². The second-order valence-corrected chi connectivity index (χ2v) is 5.21. The number of nitrogens with one attached hydrogen (secondary N) is 1. The third-order valence-corrected chi connectivity index (χ3v) is 3.20. The number of hydrogen-bond acceptors (Lipinski definition) is 3. The molecule has 0 saturated heterocycles. The maximum atomic E-state index is 12.7. The van der Waals surface area contributed by atoms with Gasteiger partial charge in [0.25, 0.3) is 5.91 Å². The zero-order valence-electron chi connectivity index (χ0n) is 13.3. The van der Waals surface area contributed by atoms with Crippen molar-refractivity contribution in [2.45, 2.75) is 13.8 Å². The lowest BCUT2D eigenvalue weighted by atomic mass is 10.1. The van der Waals surface area contributed by atoms with Gasteiger partial charge in [-0.25, -0.2) is 4.39 Å². The van der Waals surface area contributed by atoms with Crippen LogP contribution in [-0.4, -0.2) is 25.7 Å². The van der Waals surface area contributed by atoms with E-state index in [1.807, 2.05) is 32.0 Å². The number of rotatable bonds is 7.